The largest absolute Gasteiger partial charge is 0.481 e. The van der Waals surface area contributed by atoms with Crippen LogP contribution < -0.4 is 10.5 Å². The Bertz CT molecular complexity index is 1030. The fraction of sp³-hybridized carbons (Fsp3) is 0.560. The Morgan fingerprint density at radius 1 is 1.06 bits per heavy atom. The van der Waals surface area contributed by atoms with Gasteiger partial charge in [0.05, 0.1) is 44.2 Å². The molecule has 2 rings (SSSR count). The molecule has 0 saturated carbocycles. The monoisotopic (exact) mass is 460 g/mol. The van der Waals surface area contributed by atoms with Crippen LogP contribution in [0.3, 0.4) is 0 Å². The van der Waals surface area contributed by atoms with Crippen LogP contribution in [0.1, 0.15) is 56.1 Å². The zero-order chi connectivity index (χ0) is 25.0. The van der Waals surface area contributed by atoms with Crippen molar-refractivity contribution in [3.63, 3.8) is 0 Å². The van der Waals surface area contributed by atoms with E-state index in [1.807, 2.05) is 10.6 Å². The molecule has 0 aliphatic heterocycles. The molecule has 0 saturated heterocycles. The third-order valence-corrected chi connectivity index (χ3v) is 5.24. The first-order valence-corrected chi connectivity index (χ1v) is 11.3. The van der Waals surface area contributed by atoms with E-state index >= 15 is 0 Å². The molecule has 33 heavy (non-hydrogen) atoms. The Hall–Kier alpha value is -2.87. The predicted octanol–water partition coefficient (Wildman–Crippen LogP) is 3.21. The van der Waals surface area contributed by atoms with E-state index in [9.17, 15) is 14.4 Å². The summed E-state index contributed by atoms with van der Waals surface area (Å²) in [5.41, 5.74) is 6.37. The Morgan fingerprint density at radius 3 is 2.30 bits per heavy atom. The topological polar surface area (TPSA) is 101 Å². The number of quaternary nitrogens is 1. The zero-order valence-electron chi connectivity index (χ0n) is 21.0. The number of benzene rings is 1. The summed E-state index contributed by atoms with van der Waals surface area (Å²) in [6.45, 7) is 8.61. The minimum Gasteiger partial charge on any atom is -0.481 e. The lowest BCUT2D eigenvalue weighted by Gasteiger charge is -2.23. The smallest absolute Gasteiger partial charge is 0.344 e. The van der Waals surface area contributed by atoms with Gasteiger partial charge in [0.2, 0.25) is 0 Å². The number of aryl methyl sites for hydroxylation is 1. The molecule has 8 heteroatoms. The number of amides is 1. The number of esters is 1. The Labute approximate surface area is 196 Å². The number of unbranched alkanes of at least 4 members (excludes halogenated alkanes) is 2. The predicted molar refractivity (Wildman–Crippen MR) is 128 cm³/mol. The molecule has 0 atom stereocenters. The quantitative estimate of drug-likeness (QED) is 0.182. The number of carbonyl (C=O) groups excluding carboxylic acids is 3. The number of carbonyl (C=O) groups is 3. The zero-order valence-corrected chi connectivity index (χ0v) is 21.0. The van der Waals surface area contributed by atoms with Crippen LogP contribution >= 0.6 is 0 Å². The van der Waals surface area contributed by atoms with E-state index in [1.54, 1.807) is 39.8 Å². The maximum Gasteiger partial charge on any atom is 0.344 e. The van der Waals surface area contributed by atoms with Crippen LogP contribution in [0.2, 0.25) is 0 Å². The van der Waals surface area contributed by atoms with Gasteiger partial charge in [0.1, 0.15) is 11.4 Å². The van der Waals surface area contributed by atoms with Gasteiger partial charge in [-0.1, -0.05) is 6.07 Å². The summed E-state index contributed by atoms with van der Waals surface area (Å²) >= 11 is 0. The lowest BCUT2D eigenvalue weighted by Crippen LogP contribution is -2.35. The molecule has 0 spiro atoms. The summed E-state index contributed by atoms with van der Waals surface area (Å²) in [5, 5.41) is 0.494. The molecule has 1 heterocycles. The molecule has 0 aliphatic carbocycles. The van der Waals surface area contributed by atoms with E-state index in [2.05, 4.69) is 21.1 Å². The number of rotatable bonds is 11. The van der Waals surface area contributed by atoms with Crippen molar-refractivity contribution >= 4 is 28.6 Å². The summed E-state index contributed by atoms with van der Waals surface area (Å²) < 4.78 is 14.0. The Balaban J connectivity index is 2.35. The summed E-state index contributed by atoms with van der Waals surface area (Å²) in [6.07, 6.45) is 3.07. The van der Waals surface area contributed by atoms with Crippen molar-refractivity contribution in [2.45, 2.75) is 59.1 Å². The fourth-order valence-corrected chi connectivity index (χ4v) is 3.84. The molecule has 8 nitrogen and oxygen atoms in total. The standard InChI is InChI=1S/C25H37N3O5/c1-17-21(23(30)24(26)31)22-18(27(17)14-9-8-10-15-28(5,6)7)12-11-13-19(22)32-16-20(29)33-25(2,3)4/h11-13H,8-10,14-16H2,1-7H3,(H-,26,31)/p+1. The number of primary amides is 1. The van der Waals surface area contributed by atoms with Gasteiger partial charge < -0.3 is 24.3 Å². The van der Waals surface area contributed by atoms with Crippen LogP contribution in [0.4, 0.5) is 0 Å². The van der Waals surface area contributed by atoms with Crippen LogP contribution in [0.5, 0.6) is 5.75 Å². The average molecular weight is 461 g/mol. The molecule has 2 aromatic rings. The van der Waals surface area contributed by atoms with E-state index < -0.39 is 23.3 Å². The van der Waals surface area contributed by atoms with Gasteiger partial charge in [0, 0.05) is 12.2 Å². The van der Waals surface area contributed by atoms with Crippen LogP contribution in [-0.2, 0) is 20.9 Å². The second-order valence-electron chi connectivity index (χ2n) is 10.4. The summed E-state index contributed by atoms with van der Waals surface area (Å²) in [6, 6.07) is 5.36. The Kier molecular flexibility index (Phi) is 8.30. The van der Waals surface area contributed by atoms with Crippen molar-refractivity contribution in [1.29, 1.82) is 0 Å². The van der Waals surface area contributed by atoms with Crippen molar-refractivity contribution in [3.8, 4) is 5.75 Å². The van der Waals surface area contributed by atoms with E-state index in [-0.39, 0.29) is 12.2 Å². The highest BCUT2D eigenvalue weighted by Gasteiger charge is 2.26. The molecule has 1 aromatic carbocycles. The number of nitrogens with two attached hydrogens (primary N) is 1. The number of nitrogens with zero attached hydrogens (tertiary/aromatic N) is 2. The normalized spacial score (nSPS) is 12.1. The second-order valence-corrected chi connectivity index (χ2v) is 10.4. The molecular formula is C25H38N3O5+. The van der Waals surface area contributed by atoms with Gasteiger partial charge in [0.25, 0.3) is 11.7 Å². The summed E-state index contributed by atoms with van der Waals surface area (Å²) in [5.74, 6) is -1.97. The van der Waals surface area contributed by atoms with Crippen molar-refractivity contribution in [1.82, 2.24) is 4.57 Å². The number of fused-ring (bicyclic) bond motifs is 1. The fourth-order valence-electron chi connectivity index (χ4n) is 3.84. The molecule has 182 valence electrons. The molecule has 1 aromatic heterocycles. The maximum absolute atomic E-state index is 12.7. The highest BCUT2D eigenvalue weighted by atomic mass is 16.6. The van der Waals surface area contributed by atoms with E-state index in [1.165, 1.54) is 0 Å². The van der Waals surface area contributed by atoms with Crippen molar-refractivity contribution in [2.75, 3.05) is 34.3 Å². The van der Waals surface area contributed by atoms with E-state index in [4.69, 9.17) is 15.2 Å². The van der Waals surface area contributed by atoms with Crippen molar-refractivity contribution in [3.05, 3.63) is 29.5 Å². The molecular weight excluding hydrogens is 422 g/mol. The average Bonchev–Trinajstić information content (AvgIpc) is 2.95. The van der Waals surface area contributed by atoms with Gasteiger partial charge in [-0.2, -0.15) is 0 Å². The van der Waals surface area contributed by atoms with Crippen LogP contribution in [0.25, 0.3) is 10.9 Å². The van der Waals surface area contributed by atoms with E-state index in [0.29, 0.717) is 23.4 Å². The molecule has 1 amide bonds. The first-order chi connectivity index (χ1) is 15.2. The van der Waals surface area contributed by atoms with Gasteiger partial charge in [-0.05, 0) is 59.1 Å². The highest BCUT2D eigenvalue weighted by Crippen LogP contribution is 2.34. The third kappa shape index (κ3) is 7.32. The third-order valence-electron chi connectivity index (χ3n) is 5.24. The Morgan fingerprint density at radius 2 is 1.73 bits per heavy atom. The molecule has 0 unspecified atom stereocenters. The van der Waals surface area contributed by atoms with Crippen molar-refractivity contribution < 1.29 is 28.3 Å². The SMILES string of the molecule is Cc1c(C(=O)C(N)=O)c2c(OCC(=O)OC(C)(C)C)cccc2n1CCCCC[N+](C)(C)C. The molecule has 2 N–H and O–H groups in total. The van der Waals surface area contributed by atoms with Gasteiger partial charge in [0.15, 0.2) is 6.61 Å². The summed E-state index contributed by atoms with van der Waals surface area (Å²) in [4.78, 5) is 36.6. The molecule has 0 aliphatic rings. The first kappa shape index (κ1) is 26.4. The number of aromatic nitrogens is 1. The first-order valence-electron chi connectivity index (χ1n) is 11.3. The lowest BCUT2D eigenvalue weighted by molar-refractivity contribution is -0.870. The lowest BCUT2D eigenvalue weighted by atomic mass is 10.1. The minimum atomic E-state index is -1.03. The number of ketones is 1. The van der Waals surface area contributed by atoms with Crippen LogP contribution in [0.15, 0.2) is 18.2 Å². The number of ether oxygens (including phenoxy) is 2. The van der Waals surface area contributed by atoms with Gasteiger partial charge in [-0.25, -0.2) is 4.79 Å². The molecule has 0 bridgehead atoms. The number of hydrogen-bond acceptors (Lipinski definition) is 5. The highest BCUT2D eigenvalue weighted by molar-refractivity contribution is 6.45. The van der Waals surface area contributed by atoms with Gasteiger partial charge in [-0.3, -0.25) is 9.59 Å². The van der Waals surface area contributed by atoms with Crippen LogP contribution in [-0.4, -0.2) is 66.6 Å². The maximum atomic E-state index is 12.7. The molecule has 0 fully saturated rings. The number of Topliss-reactive ketones (excluding diaryl/α,β-unsaturated/α-hetero) is 1. The van der Waals surface area contributed by atoms with Gasteiger partial charge >= 0.3 is 5.97 Å². The van der Waals surface area contributed by atoms with Crippen LogP contribution in [0, 0.1) is 6.92 Å². The van der Waals surface area contributed by atoms with E-state index in [0.717, 1.165) is 35.8 Å². The number of hydrogen-bond donors (Lipinski definition) is 1. The summed E-state index contributed by atoms with van der Waals surface area (Å²) in [7, 11) is 6.51. The second kappa shape index (κ2) is 10.4. The minimum absolute atomic E-state index is 0.226. The van der Waals surface area contributed by atoms with Crippen molar-refractivity contribution in [2.24, 2.45) is 5.73 Å². The molecule has 0 radical (unpaired) electrons. The van der Waals surface area contributed by atoms with Gasteiger partial charge in [-0.15, -0.1) is 0 Å².